The SMILES string of the molecule is CCCCNC(=O)c1cnc(N(CC)C2CCS(=O)(=O)C2)nc1. The zero-order valence-electron chi connectivity index (χ0n) is 13.7. The fourth-order valence-corrected chi connectivity index (χ4v) is 4.38. The van der Waals surface area contributed by atoms with Gasteiger partial charge >= 0.3 is 0 Å². The van der Waals surface area contributed by atoms with E-state index in [2.05, 4.69) is 22.2 Å². The van der Waals surface area contributed by atoms with Crippen LogP contribution >= 0.6 is 0 Å². The summed E-state index contributed by atoms with van der Waals surface area (Å²) in [7, 11) is -2.95. The molecule has 0 bridgehead atoms. The average Bonchev–Trinajstić information content (AvgIpc) is 2.89. The van der Waals surface area contributed by atoms with E-state index in [-0.39, 0.29) is 23.5 Å². The smallest absolute Gasteiger partial charge is 0.254 e. The van der Waals surface area contributed by atoms with E-state index < -0.39 is 9.84 Å². The monoisotopic (exact) mass is 340 g/mol. The summed E-state index contributed by atoms with van der Waals surface area (Å²) in [6, 6.07) is -0.0887. The fraction of sp³-hybridized carbons (Fsp3) is 0.667. The lowest BCUT2D eigenvalue weighted by molar-refractivity contribution is 0.0952. The highest BCUT2D eigenvalue weighted by atomic mass is 32.2. The van der Waals surface area contributed by atoms with Gasteiger partial charge in [-0.05, 0) is 19.8 Å². The lowest BCUT2D eigenvalue weighted by atomic mass is 10.2. The van der Waals surface area contributed by atoms with E-state index in [1.165, 1.54) is 12.4 Å². The normalized spacial score (nSPS) is 19.5. The van der Waals surface area contributed by atoms with Crippen LogP contribution in [0.1, 0.15) is 43.5 Å². The first-order valence-corrected chi connectivity index (χ1v) is 9.86. The predicted octanol–water partition coefficient (Wildman–Crippen LogP) is 1.02. The molecule has 0 radical (unpaired) electrons. The van der Waals surface area contributed by atoms with Gasteiger partial charge < -0.3 is 10.2 Å². The molecular weight excluding hydrogens is 316 g/mol. The molecule has 23 heavy (non-hydrogen) atoms. The first kappa shape index (κ1) is 17.7. The summed E-state index contributed by atoms with van der Waals surface area (Å²) in [4.78, 5) is 22.3. The molecule has 8 heteroatoms. The van der Waals surface area contributed by atoms with Gasteiger partial charge in [-0.3, -0.25) is 4.79 Å². The maximum atomic E-state index is 11.9. The first-order valence-electron chi connectivity index (χ1n) is 8.04. The number of rotatable bonds is 7. The molecule has 128 valence electrons. The van der Waals surface area contributed by atoms with Gasteiger partial charge in [-0.15, -0.1) is 0 Å². The Morgan fingerprint density at radius 2 is 2.04 bits per heavy atom. The standard InChI is InChI=1S/C15H24N4O3S/c1-3-5-7-16-14(20)12-9-17-15(18-10-12)19(4-2)13-6-8-23(21,22)11-13/h9-10,13H,3-8,11H2,1-2H3,(H,16,20). The quantitative estimate of drug-likeness (QED) is 0.745. The number of aromatic nitrogens is 2. The van der Waals surface area contributed by atoms with E-state index in [0.29, 0.717) is 31.0 Å². The van der Waals surface area contributed by atoms with Gasteiger partial charge in [-0.1, -0.05) is 13.3 Å². The highest BCUT2D eigenvalue weighted by Gasteiger charge is 2.32. The molecular formula is C15H24N4O3S. The molecule has 1 saturated heterocycles. The van der Waals surface area contributed by atoms with E-state index >= 15 is 0 Å². The zero-order valence-corrected chi connectivity index (χ0v) is 14.5. The molecule has 7 nitrogen and oxygen atoms in total. The van der Waals surface area contributed by atoms with Crippen molar-refractivity contribution in [1.82, 2.24) is 15.3 Å². The Kier molecular flexibility index (Phi) is 5.92. The molecule has 1 atom stereocenters. The number of unbranched alkanes of at least 4 members (excludes halogenated alkanes) is 1. The van der Waals surface area contributed by atoms with Crippen molar-refractivity contribution in [1.29, 1.82) is 0 Å². The highest BCUT2D eigenvalue weighted by Crippen LogP contribution is 2.21. The number of anilines is 1. The van der Waals surface area contributed by atoms with Gasteiger partial charge in [0.15, 0.2) is 9.84 Å². The summed E-state index contributed by atoms with van der Waals surface area (Å²) in [5.41, 5.74) is 0.417. The second-order valence-corrected chi connectivity index (χ2v) is 7.95. The average molecular weight is 340 g/mol. The summed E-state index contributed by atoms with van der Waals surface area (Å²) < 4.78 is 23.3. The van der Waals surface area contributed by atoms with E-state index in [0.717, 1.165) is 12.8 Å². The second-order valence-electron chi connectivity index (χ2n) is 5.72. The highest BCUT2D eigenvalue weighted by molar-refractivity contribution is 7.91. The molecule has 1 aliphatic rings. The Morgan fingerprint density at radius 1 is 1.35 bits per heavy atom. The van der Waals surface area contributed by atoms with Crippen molar-refractivity contribution in [3.63, 3.8) is 0 Å². The lowest BCUT2D eigenvalue weighted by Gasteiger charge is -2.26. The number of hydrogen-bond donors (Lipinski definition) is 1. The van der Waals surface area contributed by atoms with Gasteiger partial charge in [-0.2, -0.15) is 0 Å². The van der Waals surface area contributed by atoms with Crippen LogP contribution in [0.5, 0.6) is 0 Å². The van der Waals surface area contributed by atoms with Crippen LogP contribution in [0.15, 0.2) is 12.4 Å². The third kappa shape index (κ3) is 4.63. The van der Waals surface area contributed by atoms with Gasteiger partial charge in [0.2, 0.25) is 5.95 Å². The number of nitrogens with one attached hydrogen (secondary N) is 1. The molecule has 2 heterocycles. The zero-order chi connectivity index (χ0) is 16.9. The van der Waals surface area contributed by atoms with Crippen LogP contribution in [-0.2, 0) is 9.84 Å². The third-order valence-electron chi connectivity index (χ3n) is 3.96. The fourth-order valence-electron chi connectivity index (χ4n) is 2.65. The molecule has 1 fully saturated rings. The Morgan fingerprint density at radius 3 is 2.57 bits per heavy atom. The number of carbonyl (C=O) groups excluding carboxylic acids is 1. The van der Waals surface area contributed by atoms with E-state index in [9.17, 15) is 13.2 Å². The van der Waals surface area contributed by atoms with Crippen LogP contribution in [-0.4, -0.2) is 54.9 Å². The van der Waals surface area contributed by atoms with E-state index in [1.807, 2.05) is 11.8 Å². The van der Waals surface area contributed by atoms with Crippen LogP contribution < -0.4 is 10.2 Å². The van der Waals surface area contributed by atoms with E-state index in [4.69, 9.17) is 0 Å². The third-order valence-corrected chi connectivity index (χ3v) is 5.71. The number of hydrogen-bond acceptors (Lipinski definition) is 6. The topological polar surface area (TPSA) is 92.3 Å². The van der Waals surface area contributed by atoms with Gasteiger partial charge in [-0.25, -0.2) is 18.4 Å². The lowest BCUT2D eigenvalue weighted by Crippen LogP contribution is -2.37. The molecule has 0 saturated carbocycles. The van der Waals surface area contributed by atoms with Crippen molar-refractivity contribution in [3.05, 3.63) is 18.0 Å². The Bertz CT molecular complexity index is 631. The number of nitrogens with zero attached hydrogens (tertiary/aromatic N) is 3. The molecule has 1 aromatic rings. The predicted molar refractivity (Wildman–Crippen MR) is 89.4 cm³/mol. The van der Waals surface area contributed by atoms with Gasteiger partial charge in [0, 0.05) is 31.5 Å². The molecule has 1 unspecified atom stereocenters. The van der Waals surface area contributed by atoms with Crippen molar-refractivity contribution < 1.29 is 13.2 Å². The molecule has 0 aromatic carbocycles. The van der Waals surface area contributed by atoms with Crippen molar-refractivity contribution in [3.8, 4) is 0 Å². The summed E-state index contributed by atoms with van der Waals surface area (Å²) in [5, 5.41) is 2.82. The van der Waals surface area contributed by atoms with Gasteiger partial charge in [0.25, 0.3) is 5.91 Å². The Balaban J connectivity index is 2.04. The molecule has 0 aliphatic carbocycles. The minimum absolute atomic E-state index is 0.0887. The number of carbonyl (C=O) groups is 1. The summed E-state index contributed by atoms with van der Waals surface area (Å²) in [5.74, 6) is 0.645. The number of sulfone groups is 1. The molecule has 1 amide bonds. The minimum atomic E-state index is -2.95. The van der Waals surface area contributed by atoms with Crippen molar-refractivity contribution in [2.75, 3.05) is 29.5 Å². The van der Waals surface area contributed by atoms with Crippen molar-refractivity contribution >= 4 is 21.7 Å². The van der Waals surface area contributed by atoms with Gasteiger partial charge in [0.05, 0.1) is 17.1 Å². The molecule has 1 N–H and O–H groups in total. The van der Waals surface area contributed by atoms with Crippen LogP contribution in [0.4, 0.5) is 5.95 Å². The second kappa shape index (κ2) is 7.72. The maximum Gasteiger partial charge on any atom is 0.254 e. The minimum Gasteiger partial charge on any atom is -0.352 e. The first-order chi connectivity index (χ1) is 11.0. The molecule has 2 rings (SSSR count). The molecule has 1 aliphatic heterocycles. The van der Waals surface area contributed by atoms with Crippen molar-refractivity contribution in [2.45, 2.75) is 39.2 Å². The van der Waals surface area contributed by atoms with Crippen molar-refractivity contribution in [2.24, 2.45) is 0 Å². The van der Waals surface area contributed by atoms with Gasteiger partial charge in [0.1, 0.15) is 0 Å². The van der Waals surface area contributed by atoms with E-state index in [1.54, 1.807) is 0 Å². The van der Waals surface area contributed by atoms with Crippen LogP contribution in [0.3, 0.4) is 0 Å². The molecule has 1 aromatic heterocycles. The Labute approximate surface area is 137 Å². The summed E-state index contributed by atoms with van der Waals surface area (Å²) >= 11 is 0. The Hall–Kier alpha value is -1.70. The van der Waals surface area contributed by atoms with Crippen LogP contribution in [0, 0.1) is 0 Å². The molecule has 0 spiro atoms. The maximum absolute atomic E-state index is 11.9. The van der Waals surface area contributed by atoms with Crippen LogP contribution in [0.2, 0.25) is 0 Å². The summed E-state index contributed by atoms with van der Waals surface area (Å²) in [6.07, 6.45) is 5.54. The van der Waals surface area contributed by atoms with Crippen LogP contribution in [0.25, 0.3) is 0 Å². The largest absolute Gasteiger partial charge is 0.352 e. The summed E-state index contributed by atoms with van der Waals surface area (Å²) in [6.45, 7) is 5.27. The number of amides is 1.